The van der Waals surface area contributed by atoms with Crippen LogP contribution in [0.25, 0.3) is 0 Å². The first-order valence-electron chi connectivity index (χ1n) is 7.18. The molecule has 0 spiro atoms. The topological polar surface area (TPSA) is 131 Å². The Hall–Kier alpha value is -2.78. The molecule has 0 saturated heterocycles. The maximum absolute atomic E-state index is 12.2. The van der Waals surface area contributed by atoms with E-state index in [1.54, 1.807) is 20.0 Å². The summed E-state index contributed by atoms with van der Waals surface area (Å²) in [6.45, 7) is 1.29. The van der Waals surface area contributed by atoms with Crippen LogP contribution in [-0.2, 0) is 7.05 Å². The number of nitro groups is 1. The number of carbonyl (C=O) groups is 1. The zero-order valence-corrected chi connectivity index (χ0v) is 13.2. The van der Waals surface area contributed by atoms with E-state index >= 15 is 0 Å². The van der Waals surface area contributed by atoms with Crippen LogP contribution in [0.4, 0.5) is 5.69 Å². The van der Waals surface area contributed by atoms with Gasteiger partial charge in [-0.15, -0.1) is 0 Å². The second kappa shape index (κ2) is 7.20. The lowest BCUT2D eigenvalue weighted by molar-refractivity contribution is -0.384. The molecule has 9 nitrogen and oxygen atoms in total. The molecule has 1 amide bonds. The van der Waals surface area contributed by atoms with Crippen LogP contribution in [0.1, 0.15) is 27.8 Å². The zero-order chi connectivity index (χ0) is 17.9. The van der Waals surface area contributed by atoms with Gasteiger partial charge in [-0.05, 0) is 30.7 Å². The number of amides is 1. The molecule has 0 aliphatic heterocycles. The lowest BCUT2D eigenvalue weighted by Gasteiger charge is -2.22. The van der Waals surface area contributed by atoms with Crippen LogP contribution in [-0.4, -0.2) is 43.5 Å². The van der Waals surface area contributed by atoms with Gasteiger partial charge in [0.25, 0.3) is 11.6 Å². The highest BCUT2D eigenvalue weighted by Crippen LogP contribution is 2.20. The number of aromatic nitrogens is 2. The first-order chi connectivity index (χ1) is 11.3. The van der Waals surface area contributed by atoms with Gasteiger partial charge in [-0.1, -0.05) is 0 Å². The Labute approximate surface area is 137 Å². The van der Waals surface area contributed by atoms with Crippen molar-refractivity contribution in [3.8, 4) is 0 Å². The number of benzene rings is 1. The highest BCUT2D eigenvalue weighted by molar-refractivity contribution is 5.92. The van der Waals surface area contributed by atoms with Crippen LogP contribution in [0, 0.1) is 17.0 Å². The smallest absolute Gasteiger partial charge is 0.272 e. The number of nitro benzene ring substituents is 1. The molecule has 3 N–H and O–H groups in total. The molecule has 2 unspecified atom stereocenters. The number of aliphatic hydroxyl groups excluding tert-OH is 2. The van der Waals surface area contributed by atoms with Gasteiger partial charge in [-0.2, -0.15) is 5.10 Å². The molecule has 0 radical (unpaired) electrons. The summed E-state index contributed by atoms with van der Waals surface area (Å²) in [6, 6.07) is 5.86. The normalized spacial score (nSPS) is 13.3. The molecule has 1 aromatic heterocycles. The minimum Gasteiger partial charge on any atom is -0.394 e. The van der Waals surface area contributed by atoms with E-state index in [1.165, 1.54) is 28.9 Å². The van der Waals surface area contributed by atoms with Crippen molar-refractivity contribution in [2.45, 2.75) is 19.1 Å². The summed E-state index contributed by atoms with van der Waals surface area (Å²) in [5.74, 6) is -0.529. The maximum atomic E-state index is 12.2. The molecule has 2 rings (SSSR count). The number of carbonyl (C=O) groups excluding carboxylic acids is 1. The van der Waals surface area contributed by atoms with Crippen molar-refractivity contribution in [2.24, 2.45) is 7.05 Å². The molecule has 2 aromatic rings. The summed E-state index contributed by atoms with van der Waals surface area (Å²) in [6.07, 6.45) is -1.22. The monoisotopic (exact) mass is 334 g/mol. The van der Waals surface area contributed by atoms with Gasteiger partial charge in [0.05, 0.1) is 17.6 Å². The summed E-state index contributed by atoms with van der Waals surface area (Å²) < 4.78 is 1.54. The van der Waals surface area contributed by atoms with E-state index in [0.717, 1.165) is 5.69 Å². The second-order valence-corrected chi connectivity index (χ2v) is 5.35. The predicted molar refractivity (Wildman–Crippen MR) is 84.3 cm³/mol. The summed E-state index contributed by atoms with van der Waals surface area (Å²) >= 11 is 0. The number of non-ortho nitro benzene ring substituents is 1. The lowest BCUT2D eigenvalue weighted by atomic mass is 10.0. The Kier molecular flexibility index (Phi) is 5.27. The molecular weight excluding hydrogens is 316 g/mol. The standard InChI is InChI=1S/C15H18N4O5/c1-9-7-12(17-18(9)2)15(22)16-13(8-20)14(21)10-3-5-11(6-4-10)19(23)24/h3-7,13-14,20-21H,8H2,1-2H3,(H,16,22). The molecule has 0 fully saturated rings. The van der Waals surface area contributed by atoms with E-state index in [-0.39, 0.29) is 11.4 Å². The maximum Gasteiger partial charge on any atom is 0.272 e. The average molecular weight is 334 g/mol. The minimum atomic E-state index is -1.22. The van der Waals surface area contributed by atoms with E-state index in [1.807, 2.05) is 0 Å². The molecule has 0 aliphatic carbocycles. The average Bonchev–Trinajstić information content (AvgIpc) is 2.91. The van der Waals surface area contributed by atoms with Gasteiger partial charge in [0.2, 0.25) is 0 Å². The zero-order valence-electron chi connectivity index (χ0n) is 13.2. The third-order valence-electron chi connectivity index (χ3n) is 3.69. The van der Waals surface area contributed by atoms with E-state index in [2.05, 4.69) is 10.4 Å². The van der Waals surface area contributed by atoms with Crippen molar-refractivity contribution in [1.82, 2.24) is 15.1 Å². The minimum absolute atomic E-state index is 0.112. The van der Waals surface area contributed by atoms with Gasteiger partial charge in [-0.3, -0.25) is 19.6 Å². The van der Waals surface area contributed by atoms with E-state index in [9.17, 15) is 25.1 Å². The van der Waals surface area contributed by atoms with Crippen molar-refractivity contribution in [3.05, 3.63) is 57.4 Å². The molecule has 0 saturated carbocycles. The molecule has 9 heteroatoms. The molecule has 1 heterocycles. The van der Waals surface area contributed by atoms with Gasteiger partial charge in [0.1, 0.15) is 11.8 Å². The Bertz CT molecular complexity index is 721. The fourth-order valence-corrected chi connectivity index (χ4v) is 2.16. The Morgan fingerprint density at radius 1 is 1.42 bits per heavy atom. The third kappa shape index (κ3) is 3.76. The quantitative estimate of drug-likeness (QED) is 0.520. The second-order valence-electron chi connectivity index (χ2n) is 5.35. The van der Waals surface area contributed by atoms with E-state index in [0.29, 0.717) is 5.56 Å². The number of rotatable bonds is 6. The summed E-state index contributed by atoms with van der Waals surface area (Å²) in [4.78, 5) is 22.3. The van der Waals surface area contributed by atoms with Crippen LogP contribution in [0.15, 0.2) is 30.3 Å². The summed E-state index contributed by atoms with van der Waals surface area (Å²) in [5, 5.41) is 36.9. The third-order valence-corrected chi connectivity index (χ3v) is 3.69. The fourth-order valence-electron chi connectivity index (χ4n) is 2.16. The van der Waals surface area contributed by atoms with Crippen molar-refractivity contribution >= 4 is 11.6 Å². The molecule has 0 aliphatic rings. The molecule has 24 heavy (non-hydrogen) atoms. The largest absolute Gasteiger partial charge is 0.394 e. The first-order valence-corrected chi connectivity index (χ1v) is 7.18. The molecular formula is C15H18N4O5. The number of hydrogen-bond acceptors (Lipinski definition) is 6. The lowest BCUT2D eigenvalue weighted by Crippen LogP contribution is -2.42. The molecule has 2 atom stereocenters. The van der Waals surface area contributed by atoms with Crippen LogP contribution >= 0.6 is 0 Å². The Balaban J connectivity index is 2.12. The van der Waals surface area contributed by atoms with Crippen molar-refractivity contribution < 1.29 is 19.9 Å². The van der Waals surface area contributed by atoms with Gasteiger partial charge < -0.3 is 15.5 Å². The van der Waals surface area contributed by atoms with Crippen LogP contribution in [0.5, 0.6) is 0 Å². The summed E-state index contributed by atoms with van der Waals surface area (Å²) in [5.41, 5.74) is 1.19. The van der Waals surface area contributed by atoms with E-state index in [4.69, 9.17) is 0 Å². The Morgan fingerprint density at radius 3 is 2.50 bits per heavy atom. The highest BCUT2D eigenvalue weighted by Gasteiger charge is 2.24. The van der Waals surface area contributed by atoms with Crippen LogP contribution in [0.2, 0.25) is 0 Å². The van der Waals surface area contributed by atoms with E-state index < -0.39 is 29.6 Å². The predicted octanol–water partition coefficient (Wildman–Crippen LogP) is 0.461. The van der Waals surface area contributed by atoms with Crippen LogP contribution in [0.3, 0.4) is 0 Å². The number of aryl methyl sites for hydroxylation is 2. The van der Waals surface area contributed by atoms with Crippen LogP contribution < -0.4 is 5.32 Å². The number of aliphatic hydroxyl groups is 2. The number of hydrogen-bond donors (Lipinski definition) is 3. The molecule has 0 bridgehead atoms. The van der Waals surface area contributed by atoms with Crippen molar-refractivity contribution in [2.75, 3.05) is 6.61 Å². The Morgan fingerprint density at radius 2 is 2.04 bits per heavy atom. The van der Waals surface area contributed by atoms with Gasteiger partial charge in [0, 0.05) is 24.9 Å². The number of nitrogens with zero attached hydrogens (tertiary/aromatic N) is 3. The highest BCUT2D eigenvalue weighted by atomic mass is 16.6. The molecule has 128 valence electrons. The first kappa shape index (κ1) is 17.6. The van der Waals surface area contributed by atoms with Gasteiger partial charge >= 0.3 is 0 Å². The van der Waals surface area contributed by atoms with Crippen molar-refractivity contribution in [1.29, 1.82) is 0 Å². The van der Waals surface area contributed by atoms with Gasteiger partial charge in [-0.25, -0.2) is 0 Å². The molecule has 1 aromatic carbocycles. The fraction of sp³-hybridized carbons (Fsp3) is 0.333. The number of nitrogens with one attached hydrogen (secondary N) is 1. The SMILES string of the molecule is Cc1cc(C(=O)NC(CO)C(O)c2ccc([N+](=O)[O-])cc2)nn1C. The summed E-state index contributed by atoms with van der Waals surface area (Å²) in [7, 11) is 1.70. The van der Waals surface area contributed by atoms with Crippen molar-refractivity contribution in [3.63, 3.8) is 0 Å². The van der Waals surface area contributed by atoms with Gasteiger partial charge in [0.15, 0.2) is 0 Å².